The molecule has 0 aliphatic heterocycles. The smallest absolute Gasteiger partial charge is 0.139 e. The van der Waals surface area contributed by atoms with Gasteiger partial charge in [0.1, 0.15) is 11.6 Å². The van der Waals surface area contributed by atoms with Crippen LogP contribution in [0.15, 0.2) is 60.7 Å². The second-order valence-corrected chi connectivity index (χ2v) is 6.40. The molecule has 0 amide bonds. The summed E-state index contributed by atoms with van der Waals surface area (Å²) in [6.07, 6.45) is 1.46. The Labute approximate surface area is 165 Å². The Hall–Kier alpha value is -3.36. The van der Waals surface area contributed by atoms with Crippen LogP contribution in [0.25, 0.3) is 0 Å². The van der Waals surface area contributed by atoms with Gasteiger partial charge in [0.2, 0.25) is 0 Å². The van der Waals surface area contributed by atoms with Crippen LogP contribution in [0.2, 0.25) is 0 Å². The van der Waals surface area contributed by atoms with E-state index in [0.717, 1.165) is 23.1 Å². The first-order chi connectivity index (χ1) is 13.6. The molecule has 0 aromatic heterocycles. The molecule has 3 aromatic carbocycles. The van der Waals surface area contributed by atoms with Gasteiger partial charge in [-0.3, -0.25) is 0 Å². The fraction of sp³-hybridized carbons (Fsp3) is 0.154. The van der Waals surface area contributed by atoms with Crippen LogP contribution in [0.1, 0.15) is 47.2 Å². The van der Waals surface area contributed by atoms with Gasteiger partial charge in [-0.15, -0.1) is 0 Å². The zero-order valence-electron chi connectivity index (χ0n) is 15.9. The van der Waals surface area contributed by atoms with Gasteiger partial charge in [0.15, 0.2) is 0 Å². The van der Waals surface area contributed by atoms with Gasteiger partial charge in [0.25, 0.3) is 0 Å². The lowest BCUT2D eigenvalue weighted by Crippen LogP contribution is -1.88. The van der Waals surface area contributed by atoms with E-state index in [0.29, 0.717) is 23.1 Å². The lowest BCUT2D eigenvalue weighted by atomic mass is 10.1. The monoisotopic (exact) mass is 370 g/mol. The van der Waals surface area contributed by atoms with Crippen LogP contribution in [0, 0.1) is 35.3 Å². The van der Waals surface area contributed by atoms with Gasteiger partial charge in [-0.05, 0) is 72.5 Å². The van der Waals surface area contributed by atoms with Gasteiger partial charge in [-0.25, -0.2) is 8.78 Å². The highest BCUT2D eigenvalue weighted by atomic mass is 19.1. The summed E-state index contributed by atoms with van der Waals surface area (Å²) in [6, 6.07) is 17.6. The fourth-order valence-corrected chi connectivity index (χ4v) is 2.71. The molecule has 0 nitrogen and oxygen atoms in total. The highest BCUT2D eigenvalue weighted by molar-refractivity contribution is 5.48. The van der Waals surface area contributed by atoms with E-state index in [-0.39, 0.29) is 11.6 Å². The van der Waals surface area contributed by atoms with Crippen LogP contribution in [0.5, 0.6) is 0 Å². The van der Waals surface area contributed by atoms with Crippen molar-refractivity contribution in [2.45, 2.75) is 26.7 Å². The van der Waals surface area contributed by atoms with Crippen LogP contribution in [-0.4, -0.2) is 0 Å². The van der Waals surface area contributed by atoms with Crippen LogP contribution < -0.4 is 0 Å². The largest absolute Gasteiger partial charge is 0.207 e. The molecule has 0 saturated heterocycles. The summed E-state index contributed by atoms with van der Waals surface area (Å²) in [5.41, 5.74) is 4.26. The van der Waals surface area contributed by atoms with Crippen molar-refractivity contribution < 1.29 is 8.78 Å². The highest BCUT2D eigenvalue weighted by Gasteiger charge is 2.01. The summed E-state index contributed by atoms with van der Waals surface area (Å²) >= 11 is 0. The Morgan fingerprint density at radius 3 is 1.79 bits per heavy atom. The summed E-state index contributed by atoms with van der Waals surface area (Å²) < 4.78 is 27.8. The van der Waals surface area contributed by atoms with E-state index in [2.05, 4.69) is 23.7 Å². The average Bonchev–Trinajstić information content (AvgIpc) is 2.72. The van der Waals surface area contributed by atoms with Crippen molar-refractivity contribution in [1.29, 1.82) is 0 Å². The van der Waals surface area contributed by atoms with Crippen molar-refractivity contribution >= 4 is 0 Å². The van der Waals surface area contributed by atoms with Crippen LogP contribution in [0.3, 0.4) is 0 Å². The minimum atomic E-state index is -0.296. The number of rotatable bonds is 2. The second kappa shape index (κ2) is 9.03. The molecular formula is C26H20F2. The van der Waals surface area contributed by atoms with E-state index in [4.69, 9.17) is 0 Å². The molecule has 0 unspecified atom stereocenters. The van der Waals surface area contributed by atoms with Gasteiger partial charge in [-0.1, -0.05) is 49.7 Å². The molecule has 3 aromatic rings. The van der Waals surface area contributed by atoms with Crippen molar-refractivity contribution in [1.82, 2.24) is 0 Å². The molecular weight excluding hydrogens is 350 g/mol. The molecule has 0 aliphatic carbocycles. The highest BCUT2D eigenvalue weighted by Crippen LogP contribution is 2.12. The van der Waals surface area contributed by atoms with E-state index in [1.807, 2.05) is 50.2 Å². The van der Waals surface area contributed by atoms with Crippen LogP contribution in [0.4, 0.5) is 8.78 Å². The molecule has 0 spiro atoms. The summed E-state index contributed by atoms with van der Waals surface area (Å²) in [5, 5.41) is 0. The second-order valence-electron chi connectivity index (χ2n) is 6.40. The van der Waals surface area contributed by atoms with Crippen molar-refractivity contribution in [2.75, 3.05) is 0 Å². The van der Waals surface area contributed by atoms with Crippen LogP contribution >= 0.6 is 0 Å². The topological polar surface area (TPSA) is 0 Å². The molecule has 0 radical (unpaired) electrons. The third-order valence-corrected chi connectivity index (χ3v) is 4.45. The molecule has 138 valence electrons. The first-order valence-corrected chi connectivity index (χ1v) is 9.30. The van der Waals surface area contributed by atoms with Gasteiger partial charge in [0, 0.05) is 16.7 Å². The Morgan fingerprint density at radius 2 is 1.21 bits per heavy atom. The summed E-state index contributed by atoms with van der Waals surface area (Å²) in [7, 11) is 0. The normalized spacial score (nSPS) is 9.86. The predicted molar refractivity (Wildman–Crippen MR) is 110 cm³/mol. The molecule has 0 fully saturated rings. The molecule has 0 saturated carbocycles. The number of aryl methyl sites for hydroxylation is 2. The van der Waals surface area contributed by atoms with E-state index in [1.165, 1.54) is 12.1 Å². The number of benzene rings is 3. The molecule has 3 rings (SSSR count). The third kappa shape index (κ3) is 4.87. The lowest BCUT2D eigenvalue weighted by molar-refractivity contribution is 0.612. The number of hydrogen-bond donors (Lipinski definition) is 0. The lowest BCUT2D eigenvalue weighted by Gasteiger charge is -1.99. The molecule has 0 aliphatic rings. The Bertz CT molecular complexity index is 1100. The minimum Gasteiger partial charge on any atom is -0.207 e. The fourth-order valence-electron chi connectivity index (χ4n) is 2.71. The molecule has 2 heteroatoms. The average molecular weight is 370 g/mol. The molecule has 0 atom stereocenters. The summed E-state index contributed by atoms with van der Waals surface area (Å²) in [4.78, 5) is 0. The van der Waals surface area contributed by atoms with Crippen molar-refractivity contribution in [3.05, 3.63) is 106 Å². The van der Waals surface area contributed by atoms with Crippen LogP contribution in [-0.2, 0) is 12.8 Å². The molecule has 28 heavy (non-hydrogen) atoms. The maximum atomic E-state index is 14.0. The maximum absolute atomic E-state index is 14.0. The Balaban J connectivity index is 1.74. The molecule has 0 N–H and O–H groups in total. The van der Waals surface area contributed by atoms with Gasteiger partial charge in [-0.2, -0.15) is 0 Å². The van der Waals surface area contributed by atoms with Crippen molar-refractivity contribution in [2.24, 2.45) is 0 Å². The van der Waals surface area contributed by atoms with E-state index < -0.39 is 0 Å². The van der Waals surface area contributed by atoms with Gasteiger partial charge < -0.3 is 0 Å². The first-order valence-electron chi connectivity index (χ1n) is 9.30. The number of halogens is 2. The Kier molecular flexibility index (Phi) is 6.25. The third-order valence-electron chi connectivity index (χ3n) is 4.45. The predicted octanol–water partition coefficient (Wildman–Crippen LogP) is 5.89. The van der Waals surface area contributed by atoms with Crippen molar-refractivity contribution in [3.63, 3.8) is 0 Å². The first kappa shape index (κ1) is 19.4. The minimum absolute atomic E-state index is 0.223. The standard InChI is InChI=1S/C26H20F2/c1-3-19-11-15-24(26(28)17-19)16-12-21-7-5-20(6-8-21)9-10-22-13-14-23(4-2)25(27)18-22/h5-8,11,13-15,17-18H,3-4H2,1-2H3. The summed E-state index contributed by atoms with van der Waals surface area (Å²) in [5.74, 6) is 11.3. The van der Waals surface area contributed by atoms with Gasteiger partial charge in [0.05, 0.1) is 5.56 Å². The number of hydrogen-bond acceptors (Lipinski definition) is 0. The molecule has 0 heterocycles. The van der Waals surface area contributed by atoms with E-state index in [9.17, 15) is 8.78 Å². The summed E-state index contributed by atoms with van der Waals surface area (Å²) in [6.45, 7) is 3.91. The maximum Gasteiger partial charge on any atom is 0.139 e. The van der Waals surface area contributed by atoms with E-state index in [1.54, 1.807) is 12.1 Å². The Morgan fingerprint density at radius 1 is 0.607 bits per heavy atom. The van der Waals surface area contributed by atoms with E-state index >= 15 is 0 Å². The SMILES string of the molecule is CCc1ccc(C#Cc2ccc(C#Cc3ccc(CC)c(F)c3)cc2)c(F)c1. The van der Waals surface area contributed by atoms with Crippen molar-refractivity contribution in [3.8, 4) is 23.7 Å². The quantitative estimate of drug-likeness (QED) is 0.494. The zero-order valence-corrected chi connectivity index (χ0v) is 15.9. The molecule has 0 bridgehead atoms. The van der Waals surface area contributed by atoms with Gasteiger partial charge >= 0.3 is 0 Å². The zero-order chi connectivity index (χ0) is 19.9.